The Bertz CT molecular complexity index is 1990. The molecule has 0 saturated heterocycles. The lowest BCUT2D eigenvalue weighted by atomic mass is 10.1. The Kier molecular flexibility index (Phi) is 6.81. The second-order valence-electron chi connectivity index (χ2n) is 10.5. The van der Waals surface area contributed by atoms with Crippen LogP contribution in [0.5, 0.6) is 0 Å². The van der Waals surface area contributed by atoms with Crippen LogP contribution in [0.3, 0.4) is 0 Å². The van der Waals surface area contributed by atoms with E-state index in [1.54, 1.807) is 17.7 Å². The van der Waals surface area contributed by atoms with E-state index in [1.807, 2.05) is 36.4 Å². The van der Waals surface area contributed by atoms with Gasteiger partial charge in [0.05, 0.1) is 41.1 Å². The first-order valence-corrected chi connectivity index (χ1v) is 14.7. The molecule has 0 unspecified atom stereocenters. The van der Waals surface area contributed by atoms with Crippen molar-refractivity contribution >= 4 is 43.8 Å². The fourth-order valence-electron chi connectivity index (χ4n) is 5.12. The lowest BCUT2D eigenvalue weighted by Gasteiger charge is -2.25. The number of thiazole rings is 1. The number of hydrogen-bond donors (Lipinski definition) is 1. The number of nitrogens with two attached hydrogens (primary N) is 1. The predicted octanol–water partition coefficient (Wildman–Crippen LogP) is 7.25. The zero-order valence-corrected chi connectivity index (χ0v) is 24.0. The van der Waals surface area contributed by atoms with Crippen LogP contribution < -0.4 is 10.6 Å². The van der Waals surface area contributed by atoms with Crippen molar-refractivity contribution in [3.05, 3.63) is 132 Å². The van der Waals surface area contributed by atoms with E-state index in [1.165, 1.54) is 10.3 Å². The minimum absolute atomic E-state index is 0.573. The number of nitrogens with zero attached hydrogens (tertiary/aromatic N) is 6. The van der Waals surface area contributed by atoms with Gasteiger partial charge in [0.15, 0.2) is 5.82 Å². The van der Waals surface area contributed by atoms with Crippen LogP contribution in [0.4, 0.5) is 11.4 Å². The highest BCUT2D eigenvalue weighted by molar-refractivity contribution is 7.21. The molecule has 0 aliphatic rings. The summed E-state index contributed by atoms with van der Waals surface area (Å²) in [5.41, 5.74) is 14.2. The van der Waals surface area contributed by atoms with Crippen LogP contribution in [0.1, 0.15) is 22.6 Å². The summed E-state index contributed by atoms with van der Waals surface area (Å²) in [6.45, 7) is 3.98. The van der Waals surface area contributed by atoms with E-state index in [0.717, 1.165) is 55.4 Å². The maximum atomic E-state index is 5.89. The summed E-state index contributed by atoms with van der Waals surface area (Å²) in [5, 5.41) is 10.9. The van der Waals surface area contributed by atoms with Gasteiger partial charge in [-0.15, -0.1) is 21.5 Å². The third-order valence-corrected chi connectivity index (χ3v) is 8.46. The number of benzene rings is 4. The number of pyridine rings is 1. The summed E-state index contributed by atoms with van der Waals surface area (Å²) in [6.07, 6.45) is 1.79. The molecule has 0 radical (unpaired) electrons. The topological polar surface area (TPSA) is 85.8 Å². The quantitative estimate of drug-likeness (QED) is 0.195. The second-order valence-corrected chi connectivity index (χ2v) is 11.5. The van der Waals surface area contributed by atoms with Crippen LogP contribution in [-0.2, 0) is 19.6 Å². The minimum Gasteiger partial charge on any atom is -0.399 e. The van der Waals surface area contributed by atoms with Crippen molar-refractivity contribution in [2.45, 2.75) is 26.6 Å². The Morgan fingerprint density at radius 3 is 2.50 bits per heavy atom. The minimum atomic E-state index is 0.573. The molecule has 0 amide bonds. The molecule has 42 heavy (non-hydrogen) atoms. The Balaban J connectivity index is 1.20. The van der Waals surface area contributed by atoms with Crippen molar-refractivity contribution in [1.29, 1.82) is 0 Å². The first kappa shape index (κ1) is 25.9. The van der Waals surface area contributed by atoms with Crippen molar-refractivity contribution in [3.8, 4) is 10.6 Å². The number of rotatable bonds is 8. The van der Waals surface area contributed by atoms with E-state index in [9.17, 15) is 0 Å². The summed E-state index contributed by atoms with van der Waals surface area (Å²) >= 11 is 1.73. The number of fused-ring (bicyclic) bond motifs is 2. The van der Waals surface area contributed by atoms with Crippen molar-refractivity contribution in [3.63, 3.8) is 0 Å². The highest BCUT2D eigenvalue weighted by Gasteiger charge is 2.16. The van der Waals surface area contributed by atoms with E-state index in [4.69, 9.17) is 15.7 Å². The highest BCUT2D eigenvalue weighted by Crippen LogP contribution is 2.32. The van der Waals surface area contributed by atoms with Gasteiger partial charge in [-0.2, -0.15) is 0 Å². The molecule has 7 aromatic rings. The highest BCUT2D eigenvalue weighted by atomic mass is 32.1. The van der Waals surface area contributed by atoms with Crippen LogP contribution in [0.2, 0.25) is 0 Å². The molecule has 3 heterocycles. The fourth-order valence-corrected chi connectivity index (χ4v) is 6.19. The zero-order chi connectivity index (χ0) is 28.5. The van der Waals surface area contributed by atoms with Crippen LogP contribution >= 0.6 is 11.3 Å². The maximum absolute atomic E-state index is 5.89. The predicted molar refractivity (Wildman–Crippen MR) is 171 cm³/mol. The van der Waals surface area contributed by atoms with Crippen molar-refractivity contribution in [2.24, 2.45) is 0 Å². The third kappa shape index (κ3) is 5.44. The average molecular weight is 568 g/mol. The largest absolute Gasteiger partial charge is 0.399 e. The molecule has 0 saturated carbocycles. The number of aryl methyl sites for hydroxylation is 1. The second kappa shape index (κ2) is 11.1. The molecule has 7 nitrogen and oxygen atoms in total. The third-order valence-electron chi connectivity index (χ3n) is 7.39. The summed E-state index contributed by atoms with van der Waals surface area (Å²) in [4.78, 5) is 12.1. The molecule has 0 spiro atoms. The van der Waals surface area contributed by atoms with Crippen LogP contribution in [0, 0.1) is 6.92 Å². The van der Waals surface area contributed by atoms with Gasteiger partial charge in [-0.25, -0.2) is 4.98 Å². The van der Waals surface area contributed by atoms with E-state index in [2.05, 4.69) is 93.3 Å². The van der Waals surface area contributed by atoms with Gasteiger partial charge in [0.2, 0.25) is 0 Å². The average Bonchev–Trinajstić information content (AvgIpc) is 3.64. The first-order valence-electron chi connectivity index (χ1n) is 13.9. The van der Waals surface area contributed by atoms with Gasteiger partial charge >= 0.3 is 0 Å². The summed E-state index contributed by atoms with van der Waals surface area (Å²) in [7, 11) is 0. The lowest BCUT2D eigenvalue weighted by Crippen LogP contribution is -2.25. The molecule has 0 fully saturated rings. The van der Waals surface area contributed by atoms with Gasteiger partial charge in [-0.1, -0.05) is 42.5 Å². The summed E-state index contributed by atoms with van der Waals surface area (Å²) in [5.74, 6) is 0.873. The number of hydrogen-bond acceptors (Lipinski definition) is 7. The van der Waals surface area contributed by atoms with Gasteiger partial charge in [0, 0.05) is 22.3 Å². The molecule has 0 bridgehead atoms. The first-order chi connectivity index (χ1) is 20.6. The molecule has 0 aliphatic heterocycles. The van der Waals surface area contributed by atoms with Gasteiger partial charge in [0.25, 0.3) is 0 Å². The molecule has 8 heteroatoms. The van der Waals surface area contributed by atoms with Gasteiger partial charge in [-0.3, -0.25) is 4.98 Å². The Hall–Kier alpha value is -5.08. The van der Waals surface area contributed by atoms with E-state index < -0.39 is 0 Å². The number of para-hydroxylation sites is 1. The fraction of sp³-hybridized carbons (Fsp3) is 0.118. The maximum Gasteiger partial charge on any atom is 0.152 e. The Morgan fingerprint density at radius 2 is 1.64 bits per heavy atom. The van der Waals surface area contributed by atoms with Crippen molar-refractivity contribution < 1.29 is 0 Å². The molecule has 0 atom stereocenters. The Labute approximate surface area is 247 Å². The molecule has 4 aromatic carbocycles. The molecule has 3 aromatic heterocycles. The molecule has 2 N–H and O–H groups in total. The summed E-state index contributed by atoms with van der Waals surface area (Å²) < 4.78 is 3.29. The Morgan fingerprint density at radius 1 is 0.810 bits per heavy atom. The molecule has 0 aliphatic carbocycles. The number of anilines is 2. The van der Waals surface area contributed by atoms with Crippen LogP contribution in [-0.4, -0.2) is 24.7 Å². The number of aromatic nitrogens is 5. The van der Waals surface area contributed by atoms with E-state index in [0.29, 0.717) is 19.6 Å². The van der Waals surface area contributed by atoms with Crippen molar-refractivity contribution in [2.75, 3.05) is 10.6 Å². The molecule has 7 rings (SSSR count). The molecular formula is C34H29N7S. The van der Waals surface area contributed by atoms with E-state index >= 15 is 0 Å². The van der Waals surface area contributed by atoms with Gasteiger partial charge < -0.3 is 15.2 Å². The van der Waals surface area contributed by atoms with E-state index in [-0.39, 0.29) is 0 Å². The van der Waals surface area contributed by atoms with Crippen LogP contribution in [0.15, 0.2) is 109 Å². The normalized spacial score (nSPS) is 11.4. The molecule has 206 valence electrons. The standard InChI is InChI=1S/C34H29N7S/c1-23-6-17-31-32(18-23)42-34(38-31)26-10-15-29(16-11-26)40(20-28-14-9-25-4-2-3-5-30(25)37-28)21-33-39-36-22-41(33)19-24-7-12-27(35)13-8-24/h2-18,22H,19-21,35H2,1H3. The van der Waals surface area contributed by atoms with Crippen LogP contribution in [0.25, 0.3) is 31.7 Å². The summed E-state index contributed by atoms with van der Waals surface area (Å²) in [6, 6.07) is 35.4. The van der Waals surface area contributed by atoms with Crippen molar-refractivity contribution in [1.82, 2.24) is 24.7 Å². The number of nitrogen functional groups attached to an aromatic ring is 1. The SMILES string of the molecule is Cc1ccc2nc(-c3ccc(N(Cc4ccc5ccccc5n4)Cc4nncn4Cc4ccc(N)cc4)cc3)sc2c1. The monoisotopic (exact) mass is 567 g/mol. The lowest BCUT2D eigenvalue weighted by molar-refractivity contribution is 0.676. The molecular weight excluding hydrogens is 538 g/mol. The zero-order valence-electron chi connectivity index (χ0n) is 23.2. The van der Waals surface area contributed by atoms with Gasteiger partial charge in [-0.05, 0) is 78.7 Å². The smallest absolute Gasteiger partial charge is 0.152 e. The van der Waals surface area contributed by atoms with Gasteiger partial charge in [0.1, 0.15) is 11.3 Å².